The summed E-state index contributed by atoms with van der Waals surface area (Å²) in [4.78, 5) is 26.8. The van der Waals surface area contributed by atoms with Crippen molar-refractivity contribution in [3.63, 3.8) is 0 Å². The third-order valence-electron chi connectivity index (χ3n) is 4.54. The van der Waals surface area contributed by atoms with Crippen LogP contribution in [0.2, 0.25) is 0 Å². The topological polar surface area (TPSA) is 60.9 Å². The lowest BCUT2D eigenvalue weighted by Crippen LogP contribution is -2.74. The lowest BCUT2D eigenvalue weighted by Gasteiger charge is -2.53. The van der Waals surface area contributed by atoms with Crippen LogP contribution in [-0.2, 0) is 16.0 Å². The Hall–Kier alpha value is -1.18. The number of aliphatic hydroxyl groups excluding tert-OH is 1. The number of likely N-dealkylation sites (N-methyl/N-ethyl adjacent to an activating group) is 2. The van der Waals surface area contributed by atoms with E-state index in [0.717, 1.165) is 5.56 Å². The molecule has 0 radical (unpaired) electrons. The molecule has 126 valence electrons. The van der Waals surface area contributed by atoms with Gasteiger partial charge in [-0.2, -0.15) is 0 Å². The summed E-state index contributed by atoms with van der Waals surface area (Å²) in [5.74, 6) is -0.417. The van der Waals surface area contributed by atoms with Crippen LogP contribution in [0.25, 0.3) is 0 Å². The molecular weight excluding hydrogens is 332 g/mol. The van der Waals surface area contributed by atoms with Gasteiger partial charge in [-0.15, -0.1) is 23.5 Å². The van der Waals surface area contributed by atoms with Crippen molar-refractivity contribution in [3.8, 4) is 0 Å². The van der Waals surface area contributed by atoms with Crippen LogP contribution in [0, 0.1) is 0 Å². The average Bonchev–Trinajstić information content (AvgIpc) is 2.59. The lowest BCUT2D eigenvalue weighted by atomic mass is 9.98. The Morgan fingerprint density at radius 2 is 1.43 bits per heavy atom. The monoisotopic (exact) mass is 354 g/mol. The van der Waals surface area contributed by atoms with E-state index in [0.29, 0.717) is 6.42 Å². The highest BCUT2D eigenvalue weighted by Crippen LogP contribution is 2.43. The van der Waals surface area contributed by atoms with Crippen molar-refractivity contribution in [1.29, 1.82) is 0 Å². The minimum atomic E-state index is -1.25. The van der Waals surface area contributed by atoms with Gasteiger partial charge < -0.3 is 14.9 Å². The molecule has 0 bridgehead atoms. The van der Waals surface area contributed by atoms with E-state index >= 15 is 0 Å². The summed E-state index contributed by atoms with van der Waals surface area (Å²) in [6.45, 7) is -0.407. The molecule has 1 aliphatic rings. The molecule has 1 N–H and O–H groups in total. The Balaban J connectivity index is 2.49. The number of hydrogen-bond donors (Lipinski definition) is 1. The van der Waals surface area contributed by atoms with E-state index in [1.54, 1.807) is 20.4 Å². The number of thioether (sulfide) groups is 2. The molecule has 0 spiro atoms. The number of nitrogens with zero attached hydrogens (tertiary/aromatic N) is 2. The molecule has 7 heteroatoms. The Bertz CT molecular complexity index is 592. The summed E-state index contributed by atoms with van der Waals surface area (Å²) >= 11 is 2.55. The summed E-state index contributed by atoms with van der Waals surface area (Å²) in [5.41, 5.74) is 0.990. The van der Waals surface area contributed by atoms with Gasteiger partial charge in [0.2, 0.25) is 0 Å². The van der Waals surface area contributed by atoms with E-state index in [4.69, 9.17) is 0 Å². The third kappa shape index (κ3) is 2.64. The van der Waals surface area contributed by atoms with E-state index < -0.39 is 16.3 Å². The Morgan fingerprint density at radius 1 is 0.957 bits per heavy atom. The molecule has 2 amide bonds. The Kier molecular flexibility index (Phi) is 5.33. The van der Waals surface area contributed by atoms with Crippen molar-refractivity contribution in [2.45, 2.75) is 16.2 Å². The molecule has 1 aromatic rings. The van der Waals surface area contributed by atoms with E-state index in [1.165, 1.54) is 33.3 Å². The molecule has 0 aliphatic carbocycles. The summed E-state index contributed by atoms with van der Waals surface area (Å²) in [5, 5.41) is 9.78. The second-order valence-corrected chi connectivity index (χ2v) is 7.69. The molecule has 1 fully saturated rings. The smallest absolute Gasteiger partial charge is 0.262 e. The van der Waals surface area contributed by atoms with Gasteiger partial charge in [0.25, 0.3) is 11.8 Å². The number of carbonyl (C=O) groups excluding carboxylic acids is 2. The maximum absolute atomic E-state index is 13.2. The van der Waals surface area contributed by atoms with Crippen LogP contribution in [0.3, 0.4) is 0 Å². The van der Waals surface area contributed by atoms with E-state index in [1.807, 2.05) is 36.6 Å². The van der Waals surface area contributed by atoms with Gasteiger partial charge in [-0.1, -0.05) is 30.3 Å². The summed E-state index contributed by atoms with van der Waals surface area (Å²) < 4.78 is 0. The molecule has 1 heterocycles. The van der Waals surface area contributed by atoms with Gasteiger partial charge in [-0.05, 0) is 18.1 Å². The fourth-order valence-electron chi connectivity index (χ4n) is 2.96. The number of aliphatic hydroxyl groups is 1. The average molecular weight is 354 g/mol. The summed E-state index contributed by atoms with van der Waals surface area (Å²) in [7, 11) is 3.24. The van der Waals surface area contributed by atoms with Crippen molar-refractivity contribution in [2.24, 2.45) is 0 Å². The predicted molar refractivity (Wildman–Crippen MR) is 95.3 cm³/mol. The Morgan fingerprint density at radius 3 is 1.91 bits per heavy atom. The number of piperazine rings is 1. The number of benzene rings is 1. The zero-order valence-corrected chi connectivity index (χ0v) is 15.4. The number of amides is 2. The SMILES string of the molecule is CS[C@]1(CO)C(=O)N(C)[C@](Cc2ccccc2)(SC)C(=O)N1C. The number of carbonyl (C=O) groups is 2. The Labute approximate surface area is 145 Å². The minimum absolute atomic E-state index is 0.167. The number of rotatable bonds is 5. The van der Waals surface area contributed by atoms with Crippen molar-refractivity contribution in [1.82, 2.24) is 9.80 Å². The minimum Gasteiger partial charge on any atom is -0.392 e. The number of hydrogen-bond acceptors (Lipinski definition) is 5. The zero-order valence-electron chi connectivity index (χ0n) is 13.8. The molecule has 0 saturated carbocycles. The quantitative estimate of drug-likeness (QED) is 0.863. The molecule has 2 atom stereocenters. The molecule has 1 aromatic carbocycles. The van der Waals surface area contributed by atoms with Gasteiger partial charge in [-0.25, -0.2) is 0 Å². The van der Waals surface area contributed by atoms with Crippen LogP contribution in [0.15, 0.2) is 30.3 Å². The highest BCUT2D eigenvalue weighted by Gasteiger charge is 2.60. The first kappa shape index (κ1) is 18.2. The molecule has 0 aromatic heterocycles. The van der Waals surface area contributed by atoms with Crippen LogP contribution in [0.5, 0.6) is 0 Å². The summed E-state index contributed by atoms with van der Waals surface area (Å²) in [6, 6.07) is 9.66. The maximum atomic E-state index is 13.2. The first-order valence-corrected chi connectivity index (χ1v) is 9.66. The van der Waals surface area contributed by atoms with Crippen molar-refractivity contribution in [2.75, 3.05) is 33.2 Å². The highest BCUT2D eigenvalue weighted by atomic mass is 32.2. The van der Waals surface area contributed by atoms with Gasteiger partial charge in [0.05, 0.1) is 6.61 Å². The summed E-state index contributed by atoms with van der Waals surface area (Å²) in [6.07, 6.45) is 3.99. The molecule has 1 saturated heterocycles. The highest BCUT2D eigenvalue weighted by molar-refractivity contribution is 8.01. The first-order valence-electron chi connectivity index (χ1n) is 7.21. The standard InChI is InChI=1S/C16H22N2O3S2/c1-17-14(21)16(11-19,23-4)18(2)13(20)15(17,22-3)10-12-8-6-5-7-9-12/h5-9,19H,10-11H2,1-4H3/t15-,16-/m1/s1. The van der Waals surface area contributed by atoms with Crippen LogP contribution in [0.4, 0.5) is 0 Å². The van der Waals surface area contributed by atoms with Gasteiger partial charge in [0, 0.05) is 20.5 Å². The molecule has 5 nitrogen and oxygen atoms in total. The van der Waals surface area contributed by atoms with Gasteiger partial charge in [0.15, 0.2) is 9.74 Å². The lowest BCUT2D eigenvalue weighted by molar-refractivity contribution is -0.165. The van der Waals surface area contributed by atoms with Gasteiger partial charge in [-0.3, -0.25) is 9.59 Å². The normalized spacial score (nSPS) is 28.4. The zero-order chi connectivity index (χ0) is 17.3. The molecule has 0 unspecified atom stereocenters. The van der Waals surface area contributed by atoms with Gasteiger partial charge >= 0.3 is 0 Å². The largest absolute Gasteiger partial charge is 0.392 e. The van der Waals surface area contributed by atoms with E-state index in [2.05, 4.69) is 0 Å². The third-order valence-corrected chi connectivity index (χ3v) is 7.06. The van der Waals surface area contributed by atoms with Crippen molar-refractivity contribution >= 4 is 35.3 Å². The van der Waals surface area contributed by atoms with Crippen LogP contribution in [-0.4, -0.2) is 69.7 Å². The molecule has 23 heavy (non-hydrogen) atoms. The fourth-order valence-corrected chi connectivity index (χ4v) is 4.74. The van der Waals surface area contributed by atoms with Crippen LogP contribution < -0.4 is 0 Å². The molecule has 1 aliphatic heterocycles. The molecule has 2 rings (SSSR count). The van der Waals surface area contributed by atoms with Crippen molar-refractivity contribution < 1.29 is 14.7 Å². The van der Waals surface area contributed by atoms with Crippen LogP contribution >= 0.6 is 23.5 Å². The van der Waals surface area contributed by atoms with Crippen LogP contribution in [0.1, 0.15) is 5.56 Å². The fraction of sp³-hybridized carbons (Fsp3) is 0.500. The predicted octanol–water partition coefficient (Wildman–Crippen LogP) is 1.27. The van der Waals surface area contributed by atoms with E-state index in [9.17, 15) is 14.7 Å². The second kappa shape index (κ2) is 6.75. The second-order valence-electron chi connectivity index (χ2n) is 5.53. The van der Waals surface area contributed by atoms with Gasteiger partial charge in [0.1, 0.15) is 0 Å². The maximum Gasteiger partial charge on any atom is 0.262 e. The van der Waals surface area contributed by atoms with E-state index in [-0.39, 0.29) is 11.8 Å². The molecular formula is C16H22N2O3S2. The van der Waals surface area contributed by atoms with Crippen molar-refractivity contribution in [3.05, 3.63) is 35.9 Å². The first-order chi connectivity index (χ1) is 10.9.